The molecule has 0 saturated carbocycles. The maximum Gasteiger partial charge on any atom is 0.240 e. The van der Waals surface area contributed by atoms with Crippen LogP contribution in [0.4, 0.5) is 0 Å². The second-order valence-electron chi connectivity index (χ2n) is 4.85. The van der Waals surface area contributed by atoms with E-state index in [0.717, 1.165) is 21.5 Å². The SMILES string of the molecule is Cc1ccc(S(=O)(=O)NCCSCc2ccccc2Br)cc1. The molecule has 2 rings (SSSR count). The van der Waals surface area contributed by atoms with Crippen molar-refractivity contribution in [1.82, 2.24) is 4.72 Å². The summed E-state index contributed by atoms with van der Waals surface area (Å²) in [5.41, 5.74) is 2.26. The molecule has 0 saturated heterocycles. The van der Waals surface area contributed by atoms with Crippen molar-refractivity contribution in [3.63, 3.8) is 0 Å². The van der Waals surface area contributed by atoms with Gasteiger partial charge in [0.05, 0.1) is 4.90 Å². The van der Waals surface area contributed by atoms with Crippen LogP contribution in [0.3, 0.4) is 0 Å². The fourth-order valence-corrected chi connectivity index (χ4v) is 4.48. The molecule has 0 amide bonds. The quantitative estimate of drug-likeness (QED) is 0.716. The Morgan fingerprint density at radius 2 is 1.77 bits per heavy atom. The van der Waals surface area contributed by atoms with Crippen LogP contribution in [0, 0.1) is 6.92 Å². The van der Waals surface area contributed by atoms with Crippen molar-refractivity contribution in [3.8, 4) is 0 Å². The van der Waals surface area contributed by atoms with Crippen LogP contribution >= 0.6 is 27.7 Å². The van der Waals surface area contributed by atoms with E-state index >= 15 is 0 Å². The van der Waals surface area contributed by atoms with Crippen LogP contribution in [-0.2, 0) is 15.8 Å². The van der Waals surface area contributed by atoms with Crippen molar-refractivity contribution in [1.29, 1.82) is 0 Å². The molecule has 22 heavy (non-hydrogen) atoms. The molecule has 6 heteroatoms. The van der Waals surface area contributed by atoms with Gasteiger partial charge in [-0.05, 0) is 30.7 Å². The molecule has 118 valence electrons. The van der Waals surface area contributed by atoms with Crippen molar-refractivity contribution in [2.45, 2.75) is 17.6 Å². The zero-order valence-corrected chi connectivity index (χ0v) is 15.5. The normalized spacial score (nSPS) is 11.5. The van der Waals surface area contributed by atoms with E-state index in [4.69, 9.17) is 0 Å². The molecule has 0 aromatic heterocycles. The monoisotopic (exact) mass is 399 g/mol. The zero-order valence-electron chi connectivity index (χ0n) is 12.3. The lowest BCUT2D eigenvalue weighted by Crippen LogP contribution is -2.26. The van der Waals surface area contributed by atoms with E-state index in [-0.39, 0.29) is 0 Å². The number of nitrogens with one attached hydrogen (secondary N) is 1. The Kier molecular flexibility index (Phi) is 6.50. The van der Waals surface area contributed by atoms with E-state index in [0.29, 0.717) is 11.4 Å². The number of hydrogen-bond acceptors (Lipinski definition) is 3. The Morgan fingerprint density at radius 3 is 2.45 bits per heavy atom. The number of hydrogen-bond donors (Lipinski definition) is 1. The molecule has 2 aromatic rings. The molecule has 1 N–H and O–H groups in total. The van der Waals surface area contributed by atoms with E-state index in [1.54, 1.807) is 36.0 Å². The second-order valence-corrected chi connectivity index (χ2v) is 8.58. The zero-order chi connectivity index (χ0) is 16.0. The van der Waals surface area contributed by atoms with Gasteiger partial charge in [-0.25, -0.2) is 13.1 Å². The lowest BCUT2D eigenvalue weighted by atomic mass is 10.2. The molecular weight excluding hydrogens is 382 g/mol. The predicted octanol–water partition coefficient (Wildman–Crippen LogP) is 3.97. The van der Waals surface area contributed by atoms with Crippen LogP contribution in [0.2, 0.25) is 0 Å². The Morgan fingerprint density at radius 1 is 1.09 bits per heavy atom. The summed E-state index contributed by atoms with van der Waals surface area (Å²) in [6.07, 6.45) is 0. The second kappa shape index (κ2) is 8.15. The van der Waals surface area contributed by atoms with Gasteiger partial charge in [0.2, 0.25) is 10.0 Å². The summed E-state index contributed by atoms with van der Waals surface area (Å²) in [7, 11) is -3.40. The van der Waals surface area contributed by atoms with Crippen LogP contribution in [-0.4, -0.2) is 20.7 Å². The lowest BCUT2D eigenvalue weighted by Gasteiger charge is -2.07. The van der Waals surface area contributed by atoms with Crippen LogP contribution in [0.5, 0.6) is 0 Å². The Balaban J connectivity index is 1.79. The van der Waals surface area contributed by atoms with Gasteiger partial charge in [-0.1, -0.05) is 51.8 Å². The van der Waals surface area contributed by atoms with Crippen molar-refractivity contribution in [3.05, 3.63) is 64.1 Å². The number of benzene rings is 2. The maximum absolute atomic E-state index is 12.1. The van der Waals surface area contributed by atoms with Crippen molar-refractivity contribution in [2.75, 3.05) is 12.3 Å². The molecule has 0 radical (unpaired) electrons. The van der Waals surface area contributed by atoms with Crippen LogP contribution in [0.15, 0.2) is 57.9 Å². The van der Waals surface area contributed by atoms with E-state index in [1.807, 2.05) is 25.1 Å². The van der Waals surface area contributed by atoms with Gasteiger partial charge in [-0.3, -0.25) is 0 Å². The average molecular weight is 400 g/mol. The maximum atomic E-state index is 12.1. The summed E-state index contributed by atoms with van der Waals surface area (Å²) >= 11 is 5.21. The molecule has 0 unspecified atom stereocenters. The van der Waals surface area contributed by atoms with Crippen molar-refractivity contribution >= 4 is 37.7 Å². The van der Waals surface area contributed by atoms with Crippen molar-refractivity contribution in [2.24, 2.45) is 0 Å². The van der Waals surface area contributed by atoms with Gasteiger partial charge in [0.25, 0.3) is 0 Å². The highest BCUT2D eigenvalue weighted by molar-refractivity contribution is 9.10. The first kappa shape index (κ1) is 17.5. The summed E-state index contributed by atoms with van der Waals surface area (Å²) in [6, 6.07) is 14.9. The fraction of sp³-hybridized carbons (Fsp3) is 0.250. The first-order valence-corrected chi connectivity index (χ1v) is 10.3. The standard InChI is InChI=1S/C16H18BrNO2S2/c1-13-6-8-15(9-7-13)22(19,20)18-10-11-21-12-14-4-2-3-5-16(14)17/h2-9,18H,10-12H2,1H3. The summed E-state index contributed by atoms with van der Waals surface area (Å²) < 4.78 is 27.9. The van der Waals surface area contributed by atoms with E-state index < -0.39 is 10.0 Å². The summed E-state index contributed by atoms with van der Waals surface area (Å²) in [5.74, 6) is 1.58. The predicted molar refractivity (Wildman–Crippen MR) is 96.7 cm³/mol. The molecular formula is C16H18BrNO2S2. The van der Waals surface area contributed by atoms with Crippen LogP contribution in [0.1, 0.15) is 11.1 Å². The Bertz CT molecular complexity index is 715. The van der Waals surface area contributed by atoms with Gasteiger partial charge in [-0.15, -0.1) is 0 Å². The largest absolute Gasteiger partial charge is 0.240 e. The topological polar surface area (TPSA) is 46.2 Å². The molecule has 2 aromatic carbocycles. The minimum atomic E-state index is -3.40. The average Bonchev–Trinajstić information content (AvgIpc) is 2.49. The van der Waals surface area contributed by atoms with Gasteiger partial charge < -0.3 is 0 Å². The van der Waals surface area contributed by atoms with E-state index in [2.05, 4.69) is 26.7 Å². The van der Waals surface area contributed by atoms with Gasteiger partial charge in [0.1, 0.15) is 0 Å². The minimum Gasteiger partial charge on any atom is -0.210 e. The third kappa shape index (κ3) is 5.12. The molecule has 0 atom stereocenters. The van der Waals surface area contributed by atoms with Gasteiger partial charge >= 0.3 is 0 Å². The summed E-state index contributed by atoms with van der Waals surface area (Å²) in [4.78, 5) is 0.314. The van der Waals surface area contributed by atoms with Gasteiger partial charge in [-0.2, -0.15) is 11.8 Å². The number of sulfonamides is 1. The third-order valence-electron chi connectivity index (χ3n) is 3.09. The smallest absolute Gasteiger partial charge is 0.210 e. The highest BCUT2D eigenvalue weighted by Crippen LogP contribution is 2.21. The first-order valence-electron chi connectivity index (χ1n) is 6.86. The lowest BCUT2D eigenvalue weighted by molar-refractivity contribution is 0.584. The van der Waals surface area contributed by atoms with Crippen LogP contribution in [0.25, 0.3) is 0 Å². The Labute approximate surface area is 144 Å². The molecule has 0 fully saturated rings. The summed E-state index contributed by atoms with van der Waals surface area (Å²) in [5, 5.41) is 0. The minimum absolute atomic E-state index is 0.314. The summed E-state index contributed by atoms with van der Waals surface area (Å²) in [6.45, 7) is 2.35. The molecule has 0 spiro atoms. The third-order valence-corrected chi connectivity index (χ3v) is 6.34. The molecule has 3 nitrogen and oxygen atoms in total. The van der Waals surface area contributed by atoms with Crippen molar-refractivity contribution < 1.29 is 8.42 Å². The number of halogens is 1. The number of rotatable bonds is 7. The number of aryl methyl sites for hydroxylation is 1. The molecule has 0 bridgehead atoms. The van der Waals surface area contributed by atoms with Gasteiger partial charge in [0, 0.05) is 22.5 Å². The number of thioether (sulfide) groups is 1. The molecule has 0 aliphatic rings. The van der Waals surface area contributed by atoms with E-state index in [1.165, 1.54) is 5.56 Å². The molecule has 0 aliphatic heterocycles. The van der Waals surface area contributed by atoms with E-state index in [9.17, 15) is 8.42 Å². The first-order chi connectivity index (χ1) is 10.5. The highest BCUT2D eigenvalue weighted by Gasteiger charge is 2.12. The molecule has 0 heterocycles. The van der Waals surface area contributed by atoms with Gasteiger partial charge in [0.15, 0.2) is 0 Å². The molecule has 0 aliphatic carbocycles. The fourth-order valence-electron chi connectivity index (χ4n) is 1.85. The Hall–Kier alpha value is -0.820. The van der Waals surface area contributed by atoms with Crippen LogP contribution < -0.4 is 4.72 Å². The highest BCUT2D eigenvalue weighted by atomic mass is 79.9.